The lowest BCUT2D eigenvalue weighted by atomic mass is 9.88. The Balaban J connectivity index is 1.47. The van der Waals surface area contributed by atoms with Gasteiger partial charge in [-0.3, -0.25) is 0 Å². The fourth-order valence-electron chi connectivity index (χ4n) is 8.18. The molecular weight excluding hydrogens is 623 g/mol. The molecule has 0 aliphatic rings. The van der Waals surface area contributed by atoms with Gasteiger partial charge in [0.25, 0.3) is 5.82 Å². The summed E-state index contributed by atoms with van der Waals surface area (Å²) in [5, 5.41) is 4.61. The van der Waals surface area contributed by atoms with Crippen LogP contribution < -0.4 is 4.57 Å². The molecule has 6 aromatic carbocycles. The van der Waals surface area contributed by atoms with Gasteiger partial charge in [0.15, 0.2) is 22.2 Å². The SMILES string of the molecule is [2H]C([2H])([2H])c1nc2ccc3ccccc3c2c2c1oc1c(-c3n(-c4c(C(C)C)cc(-c5ccccc5)cc4C(C)C)c4ccccc4[n+]3C)c(C)ccc12. The fraction of sp³-hybridized carbons (Fsp3) is 0.191. The van der Waals surface area contributed by atoms with Gasteiger partial charge in [0, 0.05) is 31.4 Å². The second kappa shape index (κ2) is 11.7. The van der Waals surface area contributed by atoms with Crippen LogP contribution in [0.15, 0.2) is 120 Å². The summed E-state index contributed by atoms with van der Waals surface area (Å²) >= 11 is 0. The maximum absolute atomic E-state index is 8.59. The average Bonchev–Trinajstić information content (AvgIpc) is 3.68. The molecule has 3 heterocycles. The minimum Gasteiger partial charge on any atom is -0.453 e. The molecule has 0 unspecified atom stereocenters. The summed E-state index contributed by atoms with van der Waals surface area (Å²) in [6.45, 7) is 8.71. The van der Waals surface area contributed by atoms with E-state index in [1.165, 1.54) is 27.9 Å². The summed E-state index contributed by atoms with van der Waals surface area (Å²) in [6.07, 6.45) is 0. The van der Waals surface area contributed by atoms with E-state index in [1.54, 1.807) is 0 Å². The summed E-state index contributed by atoms with van der Waals surface area (Å²) in [6, 6.07) is 40.3. The zero-order valence-electron chi connectivity index (χ0n) is 32.9. The standard InChI is InChI=1S/C47H42N3O/c1-27(2)36-25-33(31-15-9-8-10-16-31)26-37(28(3)4)44(36)50-40-20-14-13-19-39(40)49(7)47(50)41-29(5)21-23-35-43-42-34-18-12-11-17-32(34)22-24-38(42)48-30(6)45(43)51-46(35)41/h8-28H,1-7H3/q+1/i6D3. The van der Waals surface area contributed by atoms with E-state index in [4.69, 9.17) is 13.5 Å². The molecule has 0 aliphatic heterocycles. The molecule has 3 aromatic heterocycles. The topological polar surface area (TPSA) is 34.8 Å². The van der Waals surface area contributed by atoms with Crippen molar-refractivity contribution in [3.8, 4) is 28.2 Å². The van der Waals surface area contributed by atoms with E-state index in [-0.39, 0.29) is 17.5 Å². The molecule has 0 atom stereocenters. The molecule has 0 aliphatic carbocycles. The van der Waals surface area contributed by atoms with Gasteiger partial charge in [-0.25, -0.2) is 9.55 Å². The molecule has 4 heteroatoms. The van der Waals surface area contributed by atoms with Crippen molar-refractivity contribution in [1.29, 1.82) is 0 Å². The third kappa shape index (κ3) is 4.66. The lowest BCUT2D eigenvalue weighted by Crippen LogP contribution is -2.30. The number of pyridine rings is 1. The van der Waals surface area contributed by atoms with Crippen molar-refractivity contribution in [2.75, 3.05) is 0 Å². The molecule has 9 aromatic rings. The zero-order chi connectivity index (χ0) is 37.6. The van der Waals surface area contributed by atoms with Crippen LogP contribution in [0.4, 0.5) is 0 Å². The molecule has 0 spiro atoms. The van der Waals surface area contributed by atoms with Gasteiger partial charge in [0.1, 0.15) is 11.3 Å². The van der Waals surface area contributed by atoms with Gasteiger partial charge in [-0.05, 0) is 83.4 Å². The van der Waals surface area contributed by atoms with E-state index in [1.807, 2.05) is 24.3 Å². The lowest BCUT2D eigenvalue weighted by molar-refractivity contribution is -0.633. The van der Waals surface area contributed by atoms with Gasteiger partial charge >= 0.3 is 0 Å². The lowest BCUT2D eigenvalue weighted by Gasteiger charge is -2.21. The number of rotatable bonds is 5. The first kappa shape index (κ1) is 28.0. The minimum absolute atomic E-state index is 0.0225. The van der Waals surface area contributed by atoms with Crippen LogP contribution >= 0.6 is 0 Å². The van der Waals surface area contributed by atoms with E-state index in [9.17, 15) is 0 Å². The highest BCUT2D eigenvalue weighted by Crippen LogP contribution is 2.45. The van der Waals surface area contributed by atoms with Crippen LogP contribution in [0.3, 0.4) is 0 Å². The highest BCUT2D eigenvalue weighted by Gasteiger charge is 2.34. The molecule has 9 rings (SSSR count). The Morgan fingerprint density at radius 3 is 2.16 bits per heavy atom. The molecule has 0 saturated heterocycles. The third-order valence-corrected chi connectivity index (χ3v) is 10.7. The Hall–Kier alpha value is -5.74. The number of hydrogen-bond acceptors (Lipinski definition) is 2. The van der Waals surface area contributed by atoms with E-state index < -0.39 is 6.85 Å². The van der Waals surface area contributed by atoms with Gasteiger partial charge < -0.3 is 4.42 Å². The number of nitrogens with zero attached hydrogens (tertiary/aromatic N) is 3. The number of imidazole rings is 1. The van der Waals surface area contributed by atoms with Crippen molar-refractivity contribution < 1.29 is 13.1 Å². The normalized spacial score (nSPS) is 13.3. The highest BCUT2D eigenvalue weighted by atomic mass is 16.3. The Morgan fingerprint density at radius 1 is 0.706 bits per heavy atom. The second-order valence-electron chi connectivity index (χ2n) is 14.5. The Kier molecular flexibility index (Phi) is 6.41. The van der Waals surface area contributed by atoms with Crippen molar-refractivity contribution in [1.82, 2.24) is 9.55 Å². The maximum atomic E-state index is 8.59. The molecule has 4 nitrogen and oxygen atoms in total. The minimum atomic E-state index is -2.49. The smallest absolute Gasteiger partial charge is 0.299 e. The molecule has 0 saturated carbocycles. The van der Waals surface area contributed by atoms with Crippen LogP contribution in [0.5, 0.6) is 0 Å². The first-order chi connectivity index (χ1) is 25.9. The first-order valence-corrected chi connectivity index (χ1v) is 17.8. The zero-order valence-corrected chi connectivity index (χ0v) is 29.9. The van der Waals surface area contributed by atoms with E-state index in [2.05, 4.69) is 142 Å². The van der Waals surface area contributed by atoms with Crippen LogP contribution in [0.25, 0.3) is 82.8 Å². The fourth-order valence-corrected chi connectivity index (χ4v) is 8.18. The first-order valence-electron chi connectivity index (χ1n) is 19.3. The van der Waals surface area contributed by atoms with E-state index >= 15 is 0 Å². The van der Waals surface area contributed by atoms with Crippen LogP contribution in [-0.4, -0.2) is 9.55 Å². The van der Waals surface area contributed by atoms with Crippen molar-refractivity contribution in [3.05, 3.63) is 138 Å². The summed E-state index contributed by atoms with van der Waals surface area (Å²) < 4.78 is 37.4. The number of aromatic nitrogens is 3. The average molecular weight is 668 g/mol. The van der Waals surface area contributed by atoms with Crippen molar-refractivity contribution >= 4 is 54.6 Å². The number of fused-ring (bicyclic) bond motifs is 8. The molecule has 0 radical (unpaired) electrons. The molecule has 0 N–H and O–H groups in total. The molecular formula is C47H42N3O+. The highest BCUT2D eigenvalue weighted by molar-refractivity contribution is 6.27. The van der Waals surface area contributed by atoms with Gasteiger partial charge in [-0.15, -0.1) is 0 Å². The Labute approximate surface area is 302 Å². The van der Waals surface area contributed by atoms with Gasteiger partial charge in [-0.1, -0.05) is 113 Å². The maximum Gasteiger partial charge on any atom is 0.299 e. The van der Waals surface area contributed by atoms with Gasteiger partial charge in [0.2, 0.25) is 0 Å². The molecule has 0 bridgehead atoms. The van der Waals surface area contributed by atoms with Crippen molar-refractivity contribution in [3.63, 3.8) is 0 Å². The Morgan fingerprint density at radius 2 is 1.41 bits per heavy atom. The number of furan rings is 1. The number of aryl methyl sites for hydroxylation is 3. The van der Waals surface area contributed by atoms with Crippen molar-refractivity contribution in [2.45, 2.75) is 53.3 Å². The van der Waals surface area contributed by atoms with Crippen LogP contribution in [0.2, 0.25) is 0 Å². The Bertz CT molecular complexity index is 2920. The van der Waals surface area contributed by atoms with E-state index in [0.717, 1.165) is 54.9 Å². The van der Waals surface area contributed by atoms with Crippen LogP contribution in [0, 0.1) is 13.8 Å². The van der Waals surface area contributed by atoms with Gasteiger partial charge in [0.05, 0.1) is 18.3 Å². The number of hydrogen-bond donors (Lipinski definition) is 0. The number of para-hydroxylation sites is 2. The largest absolute Gasteiger partial charge is 0.453 e. The molecule has 250 valence electrons. The van der Waals surface area contributed by atoms with Crippen LogP contribution in [-0.2, 0) is 7.05 Å². The quantitative estimate of drug-likeness (QED) is 0.135. The van der Waals surface area contributed by atoms with Gasteiger partial charge in [-0.2, -0.15) is 4.57 Å². The summed E-state index contributed by atoms with van der Waals surface area (Å²) in [4.78, 5) is 4.79. The summed E-state index contributed by atoms with van der Waals surface area (Å²) in [5.74, 6) is 1.40. The molecule has 0 amide bonds. The van der Waals surface area contributed by atoms with Crippen LogP contribution in [0.1, 0.15) is 66.0 Å². The number of benzene rings is 6. The van der Waals surface area contributed by atoms with Crippen molar-refractivity contribution in [2.24, 2.45) is 7.05 Å². The monoisotopic (exact) mass is 667 g/mol. The third-order valence-electron chi connectivity index (χ3n) is 10.7. The summed E-state index contributed by atoms with van der Waals surface area (Å²) in [5.41, 5.74) is 11.8. The predicted molar refractivity (Wildman–Crippen MR) is 213 cm³/mol. The summed E-state index contributed by atoms with van der Waals surface area (Å²) in [7, 11) is 2.12. The molecule has 51 heavy (non-hydrogen) atoms. The van der Waals surface area contributed by atoms with E-state index in [0.29, 0.717) is 16.7 Å². The second-order valence-corrected chi connectivity index (χ2v) is 14.5. The molecule has 0 fully saturated rings. The predicted octanol–water partition coefficient (Wildman–Crippen LogP) is 12.3.